The molecule has 0 saturated heterocycles. The second-order valence-corrected chi connectivity index (χ2v) is 3.75. The van der Waals surface area contributed by atoms with E-state index in [9.17, 15) is 0 Å². The smallest absolute Gasteiger partial charge is 0.0286 e. The minimum atomic E-state index is 1.18. The van der Waals surface area contributed by atoms with Crippen molar-refractivity contribution in [1.29, 1.82) is 0 Å². The summed E-state index contributed by atoms with van der Waals surface area (Å²) in [6, 6.07) is 0. The Bertz CT molecular complexity index is 174. The third-order valence-corrected chi connectivity index (χ3v) is 2.27. The molecule has 0 spiro atoms. The second-order valence-electron chi connectivity index (χ2n) is 3.75. The molecule has 2 aliphatic carbocycles. The fraction of sp³-hybridized carbons (Fsp3) is 0.500. The summed E-state index contributed by atoms with van der Waals surface area (Å²) in [6.07, 6.45) is 7.30. The maximum absolute atomic E-state index is 3.91. The molecule has 0 aromatic rings. The highest BCUT2D eigenvalue weighted by atomic mass is 14.1. The van der Waals surface area contributed by atoms with Crippen LogP contribution in [0.1, 0.15) is 38.5 Å². The SMILES string of the molecule is C=C1CC1.C=C1CCC(=C)CC1. The molecule has 2 rings (SSSR count). The molecule has 0 atom stereocenters. The fourth-order valence-electron chi connectivity index (χ4n) is 1.05. The predicted octanol–water partition coefficient (Wildman–Crippen LogP) is 4.01. The van der Waals surface area contributed by atoms with Gasteiger partial charge in [0.25, 0.3) is 0 Å². The summed E-state index contributed by atoms with van der Waals surface area (Å²) >= 11 is 0. The Morgan fingerprint density at radius 2 is 0.667 bits per heavy atom. The number of hydrogen-bond donors (Lipinski definition) is 0. The summed E-state index contributed by atoms with van der Waals surface area (Å²) in [5, 5.41) is 0. The van der Waals surface area contributed by atoms with Crippen LogP contribution in [0.15, 0.2) is 36.5 Å². The van der Waals surface area contributed by atoms with Crippen molar-refractivity contribution in [2.45, 2.75) is 38.5 Å². The van der Waals surface area contributed by atoms with Crippen LogP contribution in [-0.2, 0) is 0 Å². The minimum Gasteiger partial charge on any atom is -0.0998 e. The molecule has 0 nitrogen and oxygen atoms in total. The molecule has 0 radical (unpaired) electrons. The molecule has 0 heteroatoms. The van der Waals surface area contributed by atoms with E-state index in [0.29, 0.717) is 0 Å². The third kappa shape index (κ3) is 4.17. The average Bonchev–Trinajstić information content (AvgIpc) is 2.80. The zero-order valence-corrected chi connectivity index (χ0v) is 7.86. The van der Waals surface area contributed by atoms with Crippen LogP contribution < -0.4 is 0 Å². The van der Waals surface area contributed by atoms with Gasteiger partial charge in [-0.15, -0.1) is 0 Å². The maximum Gasteiger partial charge on any atom is -0.0286 e. The molecule has 2 aliphatic rings. The van der Waals surface area contributed by atoms with E-state index in [1.165, 1.54) is 55.2 Å². The summed E-state index contributed by atoms with van der Waals surface area (Å²) in [5.41, 5.74) is 4.22. The Balaban J connectivity index is 0.000000150. The van der Waals surface area contributed by atoms with Crippen molar-refractivity contribution >= 4 is 0 Å². The van der Waals surface area contributed by atoms with E-state index in [2.05, 4.69) is 19.7 Å². The molecule has 0 aromatic heterocycles. The lowest BCUT2D eigenvalue weighted by atomic mass is 9.93. The van der Waals surface area contributed by atoms with Gasteiger partial charge in [-0.1, -0.05) is 36.5 Å². The molecule has 66 valence electrons. The van der Waals surface area contributed by atoms with Crippen molar-refractivity contribution in [1.82, 2.24) is 0 Å². The highest BCUT2D eigenvalue weighted by Gasteiger charge is 2.04. The largest absolute Gasteiger partial charge is 0.0998 e. The van der Waals surface area contributed by atoms with Gasteiger partial charge in [0.1, 0.15) is 0 Å². The molecule has 0 aliphatic heterocycles. The number of hydrogen-bond acceptors (Lipinski definition) is 0. The van der Waals surface area contributed by atoms with Crippen molar-refractivity contribution < 1.29 is 0 Å². The molecule has 0 heterocycles. The normalized spacial score (nSPS) is 21.5. The number of rotatable bonds is 0. The van der Waals surface area contributed by atoms with Gasteiger partial charge in [0, 0.05) is 0 Å². The zero-order chi connectivity index (χ0) is 8.97. The lowest BCUT2D eigenvalue weighted by Gasteiger charge is -2.13. The predicted molar refractivity (Wildman–Crippen MR) is 55.1 cm³/mol. The van der Waals surface area contributed by atoms with Gasteiger partial charge in [-0.2, -0.15) is 0 Å². The molecule has 0 aromatic carbocycles. The van der Waals surface area contributed by atoms with Crippen molar-refractivity contribution in [3.05, 3.63) is 36.5 Å². The van der Waals surface area contributed by atoms with Gasteiger partial charge in [-0.05, 0) is 38.5 Å². The molecule has 2 saturated carbocycles. The Morgan fingerprint density at radius 3 is 0.833 bits per heavy atom. The van der Waals surface area contributed by atoms with Crippen LogP contribution in [0.2, 0.25) is 0 Å². The first-order chi connectivity index (χ1) is 5.68. The molecule has 2 fully saturated rings. The molecular formula is C12H18. The standard InChI is InChI=1S/C8H12.C4H6/c1-7-3-5-8(2)6-4-7;1-4-2-3-4/h1-6H2;1-3H2. The maximum atomic E-state index is 3.91. The molecule has 12 heavy (non-hydrogen) atoms. The van der Waals surface area contributed by atoms with Gasteiger partial charge in [0.2, 0.25) is 0 Å². The number of allylic oxidation sites excluding steroid dienone is 3. The lowest BCUT2D eigenvalue weighted by molar-refractivity contribution is 0.735. The molecule has 0 N–H and O–H groups in total. The van der Waals surface area contributed by atoms with Crippen molar-refractivity contribution in [2.75, 3.05) is 0 Å². The summed E-state index contributed by atoms with van der Waals surface area (Å²) in [5.74, 6) is 0. The molecule has 0 unspecified atom stereocenters. The quantitative estimate of drug-likeness (QED) is 0.472. The topological polar surface area (TPSA) is 0 Å². The first-order valence-electron chi connectivity index (χ1n) is 4.68. The average molecular weight is 162 g/mol. The highest BCUT2D eigenvalue weighted by molar-refractivity contribution is 5.10. The Morgan fingerprint density at radius 1 is 0.500 bits per heavy atom. The van der Waals surface area contributed by atoms with Gasteiger partial charge in [-0.3, -0.25) is 0 Å². The Kier molecular flexibility index (Phi) is 3.33. The van der Waals surface area contributed by atoms with Crippen LogP contribution in [0.3, 0.4) is 0 Å². The van der Waals surface area contributed by atoms with Crippen molar-refractivity contribution in [3.8, 4) is 0 Å². The third-order valence-electron chi connectivity index (χ3n) is 2.27. The van der Waals surface area contributed by atoms with Gasteiger partial charge >= 0.3 is 0 Å². The molecule has 0 bridgehead atoms. The van der Waals surface area contributed by atoms with Crippen LogP contribution in [0.25, 0.3) is 0 Å². The van der Waals surface area contributed by atoms with E-state index in [4.69, 9.17) is 0 Å². The summed E-state index contributed by atoms with van der Waals surface area (Å²) in [4.78, 5) is 0. The van der Waals surface area contributed by atoms with Crippen LogP contribution in [-0.4, -0.2) is 0 Å². The summed E-state index contributed by atoms with van der Waals surface area (Å²) in [6.45, 7) is 11.5. The van der Waals surface area contributed by atoms with E-state index in [1.807, 2.05) is 0 Å². The monoisotopic (exact) mass is 162 g/mol. The molecular weight excluding hydrogens is 144 g/mol. The lowest BCUT2D eigenvalue weighted by Crippen LogP contribution is -1.93. The van der Waals surface area contributed by atoms with E-state index in [1.54, 1.807) is 0 Å². The van der Waals surface area contributed by atoms with Crippen LogP contribution in [0, 0.1) is 0 Å². The minimum absolute atomic E-state index is 1.18. The van der Waals surface area contributed by atoms with E-state index < -0.39 is 0 Å². The van der Waals surface area contributed by atoms with Gasteiger partial charge in [-0.25, -0.2) is 0 Å². The Hall–Kier alpha value is -0.780. The van der Waals surface area contributed by atoms with Gasteiger partial charge < -0.3 is 0 Å². The van der Waals surface area contributed by atoms with E-state index in [-0.39, 0.29) is 0 Å². The fourth-order valence-corrected chi connectivity index (χ4v) is 1.05. The zero-order valence-electron chi connectivity index (χ0n) is 7.86. The highest BCUT2D eigenvalue weighted by Crippen LogP contribution is 2.24. The van der Waals surface area contributed by atoms with Crippen LogP contribution >= 0.6 is 0 Å². The van der Waals surface area contributed by atoms with Gasteiger partial charge in [0.15, 0.2) is 0 Å². The first-order valence-corrected chi connectivity index (χ1v) is 4.68. The van der Waals surface area contributed by atoms with Crippen molar-refractivity contribution in [3.63, 3.8) is 0 Å². The van der Waals surface area contributed by atoms with E-state index >= 15 is 0 Å². The van der Waals surface area contributed by atoms with Crippen LogP contribution in [0.5, 0.6) is 0 Å². The van der Waals surface area contributed by atoms with Gasteiger partial charge in [0.05, 0.1) is 0 Å². The Labute approximate surface area is 75.7 Å². The van der Waals surface area contributed by atoms with Crippen molar-refractivity contribution in [2.24, 2.45) is 0 Å². The summed E-state index contributed by atoms with van der Waals surface area (Å²) < 4.78 is 0. The van der Waals surface area contributed by atoms with E-state index in [0.717, 1.165) is 0 Å². The molecule has 0 amide bonds. The first kappa shape index (κ1) is 9.31. The second kappa shape index (κ2) is 4.30. The summed E-state index contributed by atoms with van der Waals surface area (Å²) in [7, 11) is 0. The van der Waals surface area contributed by atoms with Crippen LogP contribution in [0.4, 0.5) is 0 Å².